The molecule has 112 valence electrons. The summed E-state index contributed by atoms with van der Waals surface area (Å²) < 4.78 is 38.2. The average Bonchev–Trinajstić information content (AvgIpc) is 2.44. The van der Waals surface area contributed by atoms with Gasteiger partial charge >= 0.3 is 6.18 Å². The van der Waals surface area contributed by atoms with Gasteiger partial charge in [0, 0.05) is 11.1 Å². The van der Waals surface area contributed by atoms with E-state index in [0.29, 0.717) is 16.6 Å². The summed E-state index contributed by atoms with van der Waals surface area (Å²) in [5, 5.41) is 0.461. The van der Waals surface area contributed by atoms with E-state index in [1.807, 2.05) is 26.0 Å². The molecule has 0 atom stereocenters. The van der Waals surface area contributed by atoms with Crippen molar-refractivity contribution >= 4 is 10.9 Å². The van der Waals surface area contributed by atoms with Gasteiger partial charge in [-0.25, -0.2) is 4.98 Å². The van der Waals surface area contributed by atoms with E-state index in [0.717, 1.165) is 29.1 Å². The van der Waals surface area contributed by atoms with Crippen molar-refractivity contribution in [2.45, 2.75) is 20.0 Å². The van der Waals surface area contributed by atoms with Crippen molar-refractivity contribution in [3.05, 3.63) is 59.3 Å². The van der Waals surface area contributed by atoms with Crippen molar-refractivity contribution < 1.29 is 13.2 Å². The molecule has 0 saturated carbocycles. The summed E-state index contributed by atoms with van der Waals surface area (Å²) in [6.45, 7) is 3.86. The summed E-state index contributed by atoms with van der Waals surface area (Å²) in [6, 6.07) is 10.8. The fraction of sp³-hybridized carbons (Fsp3) is 0.176. The maximum atomic E-state index is 12.7. The summed E-state index contributed by atoms with van der Waals surface area (Å²) in [4.78, 5) is 8.85. The molecular weight excluding hydrogens is 289 g/mol. The maximum Gasteiger partial charge on any atom is 0.416 e. The first-order chi connectivity index (χ1) is 10.3. The number of alkyl halides is 3. The lowest BCUT2D eigenvalue weighted by atomic mass is 10.1. The van der Waals surface area contributed by atoms with Crippen molar-refractivity contribution in [1.82, 2.24) is 9.97 Å². The number of benzene rings is 1. The third-order valence-corrected chi connectivity index (χ3v) is 3.38. The average molecular weight is 302 g/mol. The Labute approximate surface area is 125 Å². The topological polar surface area (TPSA) is 25.8 Å². The Morgan fingerprint density at radius 2 is 1.59 bits per heavy atom. The van der Waals surface area contributed by atoms with E-state index in [2.05, 4.69) is 9.97 Å². The van der Waals surface area contributed by atoms with Gasteiger partial charge in [0.05, 0.1) is 22.5 Å². The fourth-order valence-electron chi connectivity index (χ4n) is 2.42. The maximum absolute atomic E-state index is 12.7. The fourth-order valence-corrected chi connectivity index (χ4v) is 2.42. The Morgan fingerprint density at radius 1 is 0.818 bits per heavy atom. The van der Waals surface area contributed by atoms with Gasteiger partial charge < -0.3 is 0 Å². The lowest BCUT2D eigenvalue weighted by Gasteiger charge is -2.09. The van der Waals surface area contributed by atoms with Gasteiger partial charge in [-0.1, -0.05) is 6.07 Å². The van der Waals surface area contributed by atoms with Crippen LogP contribution in [-0.4, -0.2) is 9.97 Å². The quantitative estimate of drug-likeness (QED) is 0.637. The molecule has 22 heavy (non-hydrogen) atoms. The minimum atomic E-state index is -4.35. The molecule has 0 aliphatic heterocycles. The second-order valence-electron chi connectivity index (χ2n) is 5.27. The molecule has 2 heterocycles. The lowest BCUT2D eigenvalue weighted by Crippen LogP contribution is -2.04. The summed E-state index contributed by atoms with van der Waals surface area (Å²) in [6.07, 6.45) is -4.35. The number of hydrogen-bond acceptors (Lipinski definition) is 2. The van der Waals surface area contributed by atoms with E-state index in [1.54, 1.807) is 12.1 Å². The number of rotatable bonds is 1. The molecule has 2 nitrogen and oxygen atoms in total. The van der Waals surface area contributed by atoms with Crippen LogP contribution in [0.1, 0.15) is 16.8 Å². The zero-order valence-electron chi connectivity index (χ0n) is 12.1. The van der Waals surface area contributed by atoms with Crippen LogP contribution >= 0.6 is 0 Å². The molecule has 0 fully saturated rings. The van der Waals surface area contributed by atoms with Gasteiger partial charge in [-0.05, 0) is 55.8 Å². The molecule has 0 unspecified atom stereocenters. The van der Waals surface area contributed by atoms with E-state index in [9.17, 15) is 13.2 Å². The molecule has 0 N–H and O–H groups in total. The highest BCUT2D eigenvalue weighted by Gasteiger charge is 2.30. The van der Waals surface area contributed by atoms with Gasteiger partial charge in [0.15, 0.2) is 0 Å². The summed E-state index contributed by atoms with van der Waals surface area (Å²) in [5.41, 5.74) is 3.17. The van der Waals surface area contributed by atoms with Crippen molar-refractivity contribution in [2.75, 3.05) is 0 Å². The van der Waals surface area contributed by atoms with Crippen molar-refractivity contribution in [3.63, 3.8) is 0 Å². The van der Waals surface area contributed by atoms with Crippen molar-refractivity contribution in [2.24, 2.45) is 0 Å². The Bertz CT molecular complexity index is 834. The Kier molecular flexibility index (Phi) is 3.35. The van der Waals surface area contributed by atoms with E-state index in [-0.39, 0.29) is 0 Å². The van der Waals surface area contributed by atoms with E-state index < -0.39 is 11.7 Å². The van der Waals surface area contributed by atoms with E-state index >= 15 is 0 Å². The highest BCUT2D eigenvalue weighted by atomic mass is 19.4. The third kappa shape index (κ3) is 2.79. The van der Waals surface area contributed by atoms with Gasteiger partial charge in [0.25, 0.3) is 0 Å². The first-order valence-electron chi connectivity index (χ1n) is 6.76. The minimum absolute atomic E-state index is 0.461. The van der Waals surface area contributed by atoms with Crippen molar-refractivity contribution in [1.29, 1.82) is 0 Å². The number of pyridine rings is 2. The zero-order chi connectivity index (χ0) is 15.9. The number of halogens is 3. The predicted molar refractivity (Wildman–Crippen MR) is 79.5 cm³/mol. The van der Waals surface area contributed by atoms with Gasteiger partial charge in [-0.2, -0.15) is 13.2 Å². The molecule has 0 aliphatic carbocycles. The van der Waals surface area contributed by atoms with Crippen LogP contribution in [0, 0.1) is 13.8 Å². The standard InChI is InChI=1S/C17H13F3N2/c1-10-7-11(2)21-16(8-10)15-5-3-12-9-13(17(18,19)20)4-6-14(12)22-15/h3-9H,1-2H3. The summed E-state index contributed by atoms with van der Waals surface area (Å²) in [5.74, 6) is 0. The summed E-state index contributed by atoms with van der Waals surface area (Å²) >= 11 is 0. The molecule has 3 rings (SSSR count). The van der Waals surface area contributed by atoms with Gasteiger partial charge in [-0.3, -0.25) is 4.98 Å². The highest BCUT2D eigenvalue weighted by Crippen LogP contribution is 2.31. The number of nitrogens with zero attached hydrogens (tertiary/aromatic N) is 2. The van der Waals surface area contributed by atoms with Crippen LogP contribution < -0.4 is 0 Å². The molecular formula is C17H13F3N2. The number of aryl methyl sites for hydroxylation is 2. The smallest absolute Gasteiger partial charge is 0.251 e. The second-order valence-corrected chi connectivity index (χ2v) is 5.27. The van der Waals surface area contributed by atoms with Crippen molar-refractivity contribution in [3.8, 4) is 11.4 Å². The second kappa shape index (κ2) is 5.09. The SMILES string of the molecule is Cc1cc(C)nc(-c2ccc3cc(C(F)(F)F)ccc3n2)c1. The van der Waals surface area contributed by atoms with Crippen LogP contribution in [0.2, 0.25) is 0 Å². The highest BCUT2D eigenvalue weighted by molar-refractivity contribution is 5.82. The first-order valence-corrected chi connectivity index (χ1v) is 6.76. The molecule has 0 spiro atoms. The van der Waals surface area contributed by atoms with Crippen LogP contribution in [-0.2, 0) is 6.18 Å². The van der Waals surface area contributed by atoms with Crippen LogP contribution in [0.4, 0.5) is 13.2 Å². The predicted octanol–water partition coefficient (Wildman–Crippen LogP) is 4.93. The Morgan fingerprint density at radius 3 is 2.27 bits per heavy atom. The molecule has 2 aromatic heterocycles. The number of fused-ring (bicyclic) bond motifs is 1. The number of aromatic nitrogens is 2. The lowest BCUT2D eigenvalue weighted by molar-refractivity contribution is -0.137. The third-order valence-electron chi connectivity index (χ3n) is 3.38. The largest absolute Gasteiger partial charge is 0.416 e. The van der Waals surface area contributed by atoms with Crippen LogP contribution in [0.3, 0.4) is 0 Å². The minimum Gasteiger partial charge on any atom is -0.251 e. The molecule has 0 radical (unpaired) electrons. The van der Waals surface area contributed by atoms with Crippen LogP contribution in [0.15, 0.2) is 42.5 Å². The molecule has 0 bridgehead atoms. The Balaban J connectivity index is 2.10. The van der Waals surface area contributed by atoms with E-state index in [4.69, 9.17) is 0 Å². The van der Waals surface area contributed by atoms with Gasteiger partial charge in [0.2, 0.25) is 0 Å². The van der Waals surface area contributed by atoms with E-state index in [1.165, 1.54) is 6.07 Å². The molecule has 3 aromatic rings. The van der Waals surface area contributed by atoms with Gasteiger partial charge in [-0.15, -0.1) is 0 Å². The van der Waals surface area contributed by atoms with Crippen LogP contribution in [0.25, 0.3) is 22.3 Å². The molecule has 0 aliphatic rings. The molecule has 0 amide bonds. The van der Waals surface area contributed by atoms with Gasteiger partial charge in [0.1, 0.15) is 0 Å². The monoisotopic (exact) mass is 302 g/mol. The Hall–Kier alpha value is -2.43. The number of hydrogen-bond donors (Lipinski definition) is 0. The zero-order valence-corrected chi connectivity index (χ0v) is 12.1. The molecule has 1 aromatic carbocycles. The molecule has 0 saturated heterocycles. The normalized spacial score (nSPS) is 11.9. The molecule has 5 heteroatoms. The first kappa shape index (κ1) is 14.5. The van der Waals surface area contributed by atoms with Crippen LogP contribution in [0.5, 0.6) is 0 Å². The summed E-state index contributed by atoms with van der Waals surface area (Å²) in [7, 11) is 0.